The first-order chi connectivity index (χ1) is 12.3. The van der Waals surface area contributed by atoms with E-state index >= 15 is 0 Å². The summed E-state index contributed by atoms with van der Waals surface area (Å²) in [5.41, 5.74) is -0.644. The lowest BCUT2D eigenvalue weighted by Crippen LogP contribution is -2.59. The van der Waals surface area contributed by atoms with Gasteiger partial charge in [0.2, 0.25) is 0 Å². The van der Waals surface area contributed by atoms with Gasteiger partial charge in [0.05, 0.1) is 5.69 Å². The highest BCUT2D eigenvalue weighted by molar-refractivity contribution is 5.95. The first-order valence-corrected chi connectivity index (χ1v) is 8.34. The summed E-state index contributed by atoms with van der Waals surface area (Å²) in [4.78, 5) is 13.4. The molecule has 3 nitrogen and oxygen atoms in total. The molecule has 1 aliphatic heterocycles. The van der Waals surface area contributed by atoms with E-state index in [4.69, 9.17) is 0 Å². The van der Waals surface area contributed by atoms with Gasteiger partial charge in [0.1, 0.15) is 17.9 Å². The summed E-state index contributed by atoms with van der Waals surface area (Å²) in [6.07, 6.45) is -3.34. The number of hydrogen-bond donors (Lipinski definition) is 1. The Morgan fingerprint density at radius 3 is 2.38 bits per heavy atom. The number of rotatable bonds is 3. The highest BCUT2D eigenvalue weighted by Crippen LogP contribution is 2.57. The van der Waals surface area contributed by atoms with Crippen LogP contribution >= 0.6 is 0 Å². The minimum absolute atomic E-state index is 0.109. The molecule has 1 heterocycles. The van der Waals surface area contributed by atoms with E-state index in [0.717, 1.165) is 4.90 Å². The van der Waals surface area contributed by atoms with Crippen molar-refractivity contribution >= 4 is 11.7 Å². The summed E-state index contributed by atoms with van der Waals surface area (Å²) in [6, 6.07) is 11.8. The summed E-state index contributed by atoms with van der Waals surface area (Å²) < 4.78 is 54.9. The summed E-state index contributed by atoms with van der Waals surface area (Å²) >= 11 is 0. The van der Waals surface area contributed by atoms with Crippen molar-refractivity contribution in [1.82, 2.24) is 4.90 Å². The number of amides is 2. The monoisotopic (exact) mass is 364 g/mol. The van der Waals surface area contributed by atoms with Crippen molar-refractivity contribution in [3.05, 3.63) is 65.5 Å². The third-order valence-corrected chi connectivity index (χ3v) is 5.03. The van der Waals surface area contributed by atoms with Gasteiger partial charge in [0.25, 0.3) is 0 Å². The van der Waals surface area contributed by atoms with E-state index < -0.39 is 30.1 Å². The van der Waals surface area contributed by atoms with E-state index in [0.29, 0.717) is 18.4 Å². The number of nitrogens with one attached hydrogen (secondary N) is 1. The molecule has 0 radical (unpaired) electrons. The third kappa shape index (κ3) is 2.53. The fourth-order valence-corrected chi connectivity index (χ4v) is 4.02. The van der Waals surface area contributed by atoms with Crippen molar-refractivity contribution in [3.63, 3.8) is 0 Å². The van der Waals surface area contributed by atoms with Gasteiger partial charge in [-0.1, -0.05) is 36.4 Å². The van der Waals surface area contributed by atoms with Gasteiger partial charge in [-0.3, -0.25) is 0 Å². The predicted octanol–water partition coefficient (Wildman–Crippen LogP) is 4.89. The minimum Gasteiger partial charge on any atom is -0.307 e. The molecular formula is C19H16F4N2O. The first-order valence-electron chi connectivity index (χ1n) is 8.34. The van der Waals surface area contributed by atoms with Gasteiger partial charge in [-0.05, 0) is 36.5 Å². The van der Waals surface area contributed by atoms with Gasteiger partial charge < -0.3 is 10.2 Å². The average molecular weight is 364 g/mol. The van der Waals surface area contributed by atoms with Crippen LogP contribution in [0.4, 0.5) is 28.0 Å². The van der Waals surface area contributed by atoms with E-state index in [9.17, 15) is 22.4 Å². The second-order valence-electron chi connectivity index (χ2n) is 6.70. The summed E-state index contributed by atoms with van der Waals surface area (Å²) in [7, 11) is 0. The minimum atomic E-state index is -4.60. The normalized spacial score (nSPS) is 22.8. The lowest BCUT2D eigenvalue weighted by molar-refractivity contribution is -0.150. The molecule has 1 N–H and O–H groups in total. The molecule has 1 aliphatic carbocycles. The SMILES string of the molecule is O=C1Nc2cccc(F)c2C(c2ccccc2)(C2CC2)N1CC(F)(F)F. The van der Waals surface area contributed by atoms with Crippen LogP contribution in [0.5, 0.6) is 0 Å². The second-order valence-corrected chi connectivity index (χ2v) is 6.70. The maximum atomic E-state index is 14.9. The van der Waals surface area contributed by atoms with Crippen molar-refractivity contribution in [2.75, 3.05) is 11.9 Å². The molecule has 2 amide bonds. The van der Waals surface area contributed by atoms with Gasteiger partial charge in [-0.15, -0.1) is 0 Å². The Morgan fingerprint density at radius 2 is 1.77 bits per heavy atom. The van der Waals surface area contributed by atoms with Crippen LogP contribution in [0, 0.1) is 11.7 Å². The van der Waals surface area contributed by atoms with Crippen molar-refractivity contribution in [1.29, 1.82) is 0 Å². The number of halogens is 4. The summed E-state index contributed by atoms with van der Waals surface area (Å²) in [6.45, 7) is -1.45. The van der Waals surface area contributed by atoms with E-state index in [1.54, 1.807) is 30.3 Å². The largest absolute Gasteiger partial charge is 0.406 e. The standard InChI is InChI=1S/C19H16F4N2O/c20-14-7-4-8-15-16(14)19(13-9-10-13,12-5-2-1-3-6-12)25(17(26)24-15)11-18(21,22)23/h1-8,13H,9-11H2,(H,24,26). The number of carbonyl (C=O) groups is 1. The molecule has 2 aliphatic rings. The zero-order chi connectivity index (χ0) is 18.5. The number of carbonyl (C=O) groups excluding carboxylic acids is 1. The molecule has 0 saturated heterocycles. The van der Waals surface area contributed by atoms with Crippen molar-refractivity contribution < 1.29 is 22.4 Å². The Bertz CT molecular complexity index is 848. The van der Waals surface area contributed by atoms with Gasteiger partial charge in [-0.2, -0.15) is 13.2 Å². The van der Waals surface area contributed by atoms with Crippen molar-refractivity contribution in [2.45, 2.75) is 24.6 Å². The Labute approximate surface area is 147 Å². The maximum Gasteiger partial charge on any atom is 0.406 e. The summed E-state index contributed by atoms with van der Waals surface area (Å²) in [5.74, 6) is -0.889. The van der Waals surface area contributed by atoms with E-state index in [1.807, 2.05) is 0 Å². The van der Waals surface area contributed by atoms with Gasteiger partial charge in [0, 0.05) is 5.56 Å². The van der Waals surface area contributed by atoms with Gasteiger partial charge in [-0.25, -0.2) is 9.18 Å². The molecule has 1 saturated carbocycles. The van der Waals surface area contributed by atoms with Crippen LogP contribution in [0.25, 0.3) is 0 Å². The lowest BCUT2D eigenvalue weighted by Gasteiger charge is -2.49. The summed E-state index contributed by atoms with van der Waals surface area (Å²) in [5, 5.41) is 2.43. The molecule has 1 fully saturated rings. The van der Waals surface area contributed by atoms with Crippen LogP contribution in [-0.4, -0.2) is 23.7 Å². The van der Waals surface area contributed by atoms with Crippen LogP contribution in [-0.2, 0) is 5.54 Å². The molecule has 1 unspecified atom stereocenters. The highest BCUT2D eigenvalue weighted by Gasteiger charge is 2.59. The molecule has 136 valence electrons. The molecule has 2 aromatic rings. The first kappa shape index (κ1) is 16.9. The van der Waals surface area contributed by atoms with Crippen LogP contribution in [0.1, 0.15) is 24.0 Å². The number of fused-ring (bicyclic) bond motifs is 1. The molecule has 7 heteroatoms. The fourth-order valence-electron chi connectivity index (χ4n) is 4.02. The van der Waals surface area contributed by atoms with E-state index in [2.05, 4.69) is 5.32 Å². The molecular weight excluding hydrogens is 348 g/mol. The van der Waals surface area contributed by atoms with E-state index in [1.165, 1.54) is 18.2 Å². The van der Waals surface area contributed by atoms with Crippen LogP contribution in [0.3, 0.4) is 0 Å². The number of benzene rings is 2. The van der Waals surface area contributed by atoms with Crippen molar-refractivity contribution in [2.24, 2.45) is 5.92 Å². The molecule has 1 atom stereocenters. The number of urea groups is 1. The Kier molecular flexibility index (Phi) is 3.71. The van der Waals surface area contributed by atoms with Gasteiger partial charge in [0.15, 0.2) is 0 Å². The van der Waals surface area contributed by atoms with E-state index in [-0.39, 0.29) is 17.2 Å². The zero-order valence-electron chi connectivity index (χ0n) is 13.7. The molecule has 0 aromatic heterocycles. The molecule has 0 spiro atoms. The Balaban J connectivity index is 2.03. The predicted molar refractivity (Wildman–Crippen MR) is 88.1 cm³/mol. The zero-order valence-corrected chi connectivity index (χ0v) is 13.7. The number of alkyl halides is 3. The van der Waals surface area contributed by atoms with Crippen LogP contribution in [0.2, 0.25) is 0 Å². The van der Waals surface area contributed by atoms with Crippen LogP contribution < -0.4 is 5.32 Å². The number of anilines is 1. The molecule has 4 rings (SSSR count). The molecule has 2 aromatic carbocycles. The quantitative estimate of drug-likeness (QED) is 0.773. The lowest BCUT2D eigenvalue weighted by atomic mass is 9.75. The average Bonchev–Trinajstić information content (AvgIpc) is 3.41. The Hall–Kier alpha value is -2.57. The van der Waals surface area contributed by atoms with Crippen molar-refractivity contribution in [3.8, 4) is 0 Å². The van der Waals surface area contributed by atoms with Gasteiger partial charge >= 0.3 is 12.2 Å². The molecule has 0 bridgehead atoms. The second kappa shape index (κ2) is 5.72. The Morgan fingerprint density at radius 1 is 1.08 bits per heavy atom. The maximum absolute atomic E-state index is 14.9. The smallest absolute Gasteiger partial charge is 0.307 e. The number of nitrogens with zero attached hydrogens (tertiary/aromatic N) is 1. The fraction of sp³-hybridized carbons (Fsp3) is 0.316. The molecule has 26 heavy (non-hydrogen) atoms. The van der Waals surface area contributed by atoms with Crippen LogP contribution in [0.15, 0.2) is 48.5 Å². The number of hydrogen-bond acceptors (Lipinski definition) is 1. The highest BCUT2D eigenvalue weighted by atomic mass is 19.4. The topological polar surface area (TPSA) is 32.3 Å². The third-order valence-electron chi connectivity index (χ3n) is 5.03.